The molecule has 0 saturated carbocycles. The Morgan fingerprint density at radius 2 is 1.69 bits per heavy atom. The number of rotatable bonds is 5. The van der Waals surface area contributed by atoms with Crippen LogP contribution in [0, 0.1) is 0 Å². The molecule has 3 N–H and O–H groups in total. The van der Waals surface area contributed by atoms with Gasteiger partial charge in [-0.15, -0.1) is 11.3 Å². The average molecular weight is 518 g/mol. The number of nitrogens with one attached hydrogen (secondary N) is 1. The van der Waals surface area contributed by atoms with Crippen LogP contribution >= 0.6 is 11.3 Å². The first kappa shape index (κ1) is 27.3. The number of hydrogen-bond acceptors (Lipinski definition) is 8. The molecule has 0 spiro atoms. The number of alkyl carbamates (subject to hydrolysis) is 1. The van der Waals surface area contributed by atoms with Gasteiger partial charge in [0.15, 0.2) is 0 Å². The third-order valence-corrected chi connectivity index (χ3v) is 6.28. The molecule has 0 fully saturated rings. The fourth-order valence-electron chi connectivity index (χ4n) is 3.75. The SMILES string of the molecule is CC(C)(C)OC(=O)c1c(N)sc2c1CC(CNC(=O)OCc1ccccc1)N(C(=O)OC(C)(C)C)C2. The number of amides is 2. The Morgan fingerprint density at radius 3 is 2.31 bits per heavy atom. The third kappa shape index (κ3) is 7.36. The number of ether oxygens (including phenoxy) is 3. The average Bonchev–Trinajstić information content (AvgIpc) is 3.08. The molecule has 3 rings (SSSR count). The van der Waals surface area contributed by atoms with Gasteiger partial charge >= 0.3 is 18.2 Å². The van der Waals surface area contributed by atoms with Crippen molar-refractivity contribution in [3.63, 3.8) is 0 Å². The van der Waals surface area contributed by atoms with Crippen LogP contribution in [0.2, 0.25) is 0 Å². The van der Waals surface area contributed by atoms with Crippen LogP contribution in [0.5, 0.6) is 0 Å². The van der Waals surface area contributed by atoms with Gasteiger partial charge < -0.3 is 25.3 Å². The standard InChI is InChI=1S/C26H35N3O6S/c1-25(2,3)34-22(30)20-18-12-17(13-28-23(31)33-15-16-10-8-7-9-11-16)29(14-19(18)36-21(20)27)24(32)35-26(4,5)6/h7-11,17H,12-15,27H2,1-6H3,(H,28,31). The van der Waals surface area contributed by atoms with E-state index in [4.69, 9.17) is 19.9 Å². The van der Waals surface area contributed by atoms with Gasteiger partial charge in [0.1, 0.15) is 22.8 Å². The number of nitrogen functional groups attached to an aromatic ring is 1. The molecule has 1 atom stereocenters. The summed E-state index contributed by atoms with van der Waals surface area (Å²) >= 11 is 1.26. The summed E-state index contributed by atoms with van der Waals surface area (Å²) in [6.07, 6.45) is -0.815. The summed E-state index contributed by atoms with van der Waals surface area (Å²) in [4.78, 5) is 40.7. The van der Waals surface area contributed by atoms with Crippen molar-refractivity contribution in [2.24, 2.45) is 0 Å². The highest BCUT2D eigenvalue weighted by Crippen LogP contribution is 2.38. The zero-order chi connectivity index (χ0) is 26.7. The molecule has 1 aliphatic rings. The molecule has 9 nitrogen and oxygen atoms in total. The van der Waals surface area contributed by atoms with Crippen molar-refractivity contribution in [2.75, 3.05) is 12.3 Å². The Balaban J connectivity index is 1.78. The molecular formula is C26H35N3O6S. The monoisotopic (exact) mass is 517 g/mol. The second-order valence-corrected chi connectivity index (χ2v) is 11.8. The molecule has 196 valence electrons. The minimum absolute atomic E-state index is 0.107. The van der Waals surface area contributed by atoms with Gasteiger partial charge in [0.25, 0.3) is 0 Å². The quantitative estimate of drug-likeness (QED) is 0.429. The maximum Gasteiger partial charge on any atom is 0.410 e. The van der Waals surface area contributed by atoms with Gasteiger partial charge in [0.2, 0.25) is 0 Å². The summed E-state index contributed by atoms with van der Waals surface area (Å²) in [6, 6.07) is 8.85. The molecule has 1 aromatic heterocycles. The third-order valence-electron chi connectivity index (χ3n) is 5.24. The molecule has 1 unspecified atom stereocenters. The minimum atomic E-state index is -0.694. The van der Waals surface area contributed by atoms with Crippen molar-refractivity contribution in [2.45, 2.75) is 78.4 Å². The zero-order valence-corrected chi connectivity index (χ0v) is 22.5. The fourth-order valence-corrected chi connectivity index (χ4v) is 4.84. The van der Waals surface area contributed by atoms with Crippen LogP contribution < -0.4 is 11.1 Å². The summed E-state index contributed by atoms with van der Waals surface area (Å²) in [5.74, 6) is -0.503. The van der Waals surface area contributed by atoms with Crippen molar-refractivity contribution in [1.82, 2.24) is 10.2 Å². The Bertz CT molecular complexity index is 1100. The van der Waals surface area contributed by atoms with Gasteiger partial charge in [-0.05, 0) is 59.1 Å². The van der Waals surface area contributed by atoms with E-state index >= 15 is 0 Å². The van der Waals surface area contributed by atoms with E-state index in [1.807, 2.05) is 30.3 Å². The molecule has 0 bridgehead atoms. The molecule has 2 heterocycles. The van der Waals surface area contributed by atoms with Crippen LogP contribution in [-0.2, 0) is 33.8 Å². The largest absolute Gasteiger partial charge is 0.456 e. The maximum absolute atomic E-state index is 13.0. The van der Waals surface area contributed by atoms with E-state index in [9.17, 15) is 14.4 Å². The van der Waals surface area contributed by atoms with E-state index in [0.717, 1.165) is 16.0 Å². The molecule has 1 aromatic carbocycles. The second kappa shape index (κ2) is 10.8. The summed E-state index contributed by atoms with van der Waals surface area (Å²) < 4.78 is 16.5. The van der Waals surface area contributed by atoms with Crippen molar-refractivity contribution in [1.29, 1.82) is 0 Å². The summed E-state index contributed by atoms with van der Waals surface area (Å²) in [5, 5.41) is 3.08. The first-order valence-corrected chi connectivity index (χ1v) is 12.6. The van der Waals surface area contributed by atoms with E-state index < -0.39 is 35.4 Å². The van der Waals surface area contributed by atoms with Gasteiger partial charge in [0.05, 0.1) is 18.2 Å². The second-order valence-electron chi connectivity index (χ2n) is 10.7. The molecule has 36 heavy (non-hydrogen) atoms. The molecule has 2 amide bonds. The predicted octanol–water partition coefficient (Wildman–Crippen LogP) is 4.87. The number of nitrogens with two attached hydrogens (primary N) is 1. The molecule has 10 heteroatoms. The first-order chi connectivity index (χ1) is 16.7. The van der Waals surface area contributed by atoms with Crippen molar-refractivity contribution in [3.8, 4) is 0 Å². The lowest BCUT2D eigenvalue weighted by atomic mass is 9.96. The van der Waals surface area contributed by atoms with Gasteiger partial charge in [0, 0.05) is 11.4 Å². The topological polar surface area (TPSA) is 120 Å². The molecule has 0 aliphatic carbocycles. The van der Waals surface area contributed by atoms with Crippen molar-refractivity contribution >= 4 is 34.5 Å². The number of fused-ring (bicyclic) bond motifs is 1. The molecule has 0 saturated heterocycles. The van der Waals surface area contributed by atoms with E-state index in [0.29, 0.717) is 17.0 Å². The highest BCUT2D eigenvalue weighted by atomic mass is 32.1. The summed E-state index contributed by atoms with van der Waals surface area (Å²) in [7, 11) is 0. The van der Waals surface area contributed by atoms with Gasteiger partial charge in [-0.3, -0.25) is 4.90 Å². The minimum Gasteiger partial charge on any atom is -0.456 e. The Labute approximate surface area is 215 Å². The van der Waals surface area contributed by atoms with Crippen LogP contribution in [0.1, 0.15) is 67.9 Å². The lowest BCUT2D eigenvalue weighted by Crippen LogP contribution is -2.51. The van der Waals surface area contributed by atoms with Crippen LogP contribution in [0.3, 0.4) is 0 Å². The van der Waals surface area contributed by atoms with E-state index in [1.165, 1.54) is 11.3 Å². The Kier molecular flexibility index (Phi) is 8.18. The van der Waals surface area contributed by atoms with Crippen molar-refractivity contribution < 1.29 is 28.6 Å². The number of nitrogens with zero attached hydrogens (tertiary/aromatic N) is 1. The highest BCUT2D eigenvalue weighted by molar-refractivity contribution is 7.16. The summed E-state index contributed by atoms with van der Waals surface area (Å²) in [5.41, 5.74) is 6.76. The molecule has 2 aromatic rings. The van der Waals surface area contributed by atoms with E-state index in [-0.39, 0.29) is 19.7 Å². The lowest BCUT2D eigenvalue weighted by Gasteiger charge is -2.37. The zero-order valence-electron chi connectivity index (χ0n) is 21.7. The van der Waals surface area contributed by atoms with E-state index in [2.05, 4.69) is 5.32 Å². The Morgan fingerprint density at radius 1 is 1.06 bits per heavy atom. The molecule has 1 aliphatic heterocycles. The van der Waals surface area contributed by atoms with Gasteiger partial charge in [-0.25, -0.2) is 14.4 Å². The maximum atomic E-state index is 13.0. The predicted molar refractivity (Wildman–Crippen MR) is 138 cm³/mol. The van der Waals surface area contributed by atoms with Crippen LogP contribution in [0.4, 0.5) is 14.6 Å². The van der Waals surface area contributed by atoms with Gasteiger partial charge in [-0.1, -0.05) is 30.3 Å². The number of thiophene rings is 1. The van der Waals surface area contributed by atoms with Crippen molar-refractivity contribution in [3.05, 3.63) is 51.9 Å². The first-order valence-electron chi connectivity index (χ1n) is 11.8. The summed E-state index contributed by atoms with van der Waals surface area (Å²) in [6.45, 7) is 11.2. The number of anilines is 1. The number of benzene rings is 1. The smallest absolute Gasteiger partial charge is 0.410 e. The van der Waals surface area contributed by atoms with Gasteiger partial charge in [-0.2, -0.15) is 0 Å². The van der Waals surface area contributed by atoms with Crippen LogP contribution in [-0.4, -0.2) is 46.8 Å². The van der Waals surface area contributed by atoms with E-state index in [1.54, 1.807) is 46.4 Å². The Hall–Kier alpha value is -3.27. The normalized spacial score (nSPS) is 15.6. The highest BCUT2D eigenvalue weighted by Gasteiger charge is 2.38. The number of hydrogen-bond donors (Lipinski definition) is 2. The number of carbonyl (C=O) groups is 3. The lowest BCUT2D eigenvalue weighted by molar-refractivity contribution is 0.00678. The number of carbonyl (C=O) groups excluding carboxylic acids is 3. The number of esters is 1. The van der Waals surface area contributed by atoms with Crippen LogP contribution in [0.15, 0.2) is 30.3 Å². The molecular weight excluding hydrogens is 482 g/mol. The van der Waals surface area contributed by atoms with Crippen LogP contribution in [0.25, 0.3) is 0 Å². The molecule has 0 radical (unpaired) electrons. The fraction of sp³-hybridized carbons (Fsp3) is 0.500.